The Morgan fingerprint density at radius 1 is 0.895 bits per heavy atom. The molecule has 0 amide bonds. The van der Waals surface area contributed by atoms with Gasteiger partial charge >= 0.3 is 0 Å². The van der Waals surface area contributed by atoms with Gasteiger partial charge in [0.1, 0.15) is 5.82 Å². The van der Waals surface area contributed by atoms with Crippen LogP contribution in [0.4, 0.5) is 4.39 Å². The van der Waals surface area contributed by atoms with Crippen molar-refractivity contribution < 1.29 is 4.39 Å². The average Bonchev–Trinajstić information content (AvgIpc) is 2.40. The molecule has 19 heavy (non-hydrogen) atoms. The predicted octanol–water partition coefficient (Wildman–Crippen LogP) is 3.20. The highest BCUT2D eigenvalue weighted by Crippen LogP contribution is 2.32. The van der Waals surface area contributed by atoms with E-state index < -0.39 is 0 Å². The highest BCUT2D eigenvalue weighted by molar-refractivity contribution is 5.23. The molecule has 1 aliphatic heterocycles. The summed E-state index contributed by atoms with van der Waals surface area (Å²) in [4.78, 5) is 0. The first-order chi connectivity index (χ1) is 9.27. The number of rotatable bonds is 4. The Morgan fingerprint density at radius 3 is 2.21 bits per heavy atom. The van der Waals surface area contributed by atoms with Gasteiger partial charge in [0.15, 0.2) is 0 Å². The second-order valence-corrected chi connectivity index (χ2v) is 5.53. The fourth-order valence-electron chi connectivity index (χ4n) is 2.87. The van der Waals surface area contributed by atoms with Crippen molar-refractivity contribution in [2.24, 2.45) is 5.41 Å². The molecule has 0 bridgehead atoms. The summed E-state index contributed by atoms with van der Waals surface area (Å²) in [6, 6.07) is 17.6. The van der Waals surface area contributed by atoms with Crippen molar-refractivity contribution in [3.8, 4) is 0 Å². The van der Waals surface area contributed by atoms with Gasteiger partial charge in [-0.3, -0.25) is 0 Å². The Labute approximate surface area is 113 Å². The molecule has 1 aliphatic rings. The summed E-state index contributed by atoms with van der Waals surface area (Å²) in [5.74, 6) is -0.0816. The largest absolute Gasteiger partial charge is 0.315 e. The first-order valence-corrected chi connectivity index (χ1v) is 6.76. The van der Waals surface area contributed by atoms with Crippen LogP contribution in [-0.4, -0.2) is 13.1 Å². The van der Waals surface area contributed by atoms with Crippen LogP contribution in [0.1, 0.15) is 11.1 Å². The number of hydrogen-bond donors (Lipinski definition) is 1. The number of nitrogens with one attached hydrogen (secondary N) is 1. The van der Waals surface area contributed by atoms with Crippen LogP contribution in [0.2, 0.25) is 0 Å². The zero-order chi connectivity index (χ0) is 13.1. The quantitative estimate of drug-likeness (QED) is 0.884. The molecule has 0 spiro atoms. The van der Waals surface area contributed by atoms with E-state index in [0.717, 1.165) is 31.5 Å². The lowest BCUT2D eigenvalue weighted by Crippen LogP contribution is -2.56. The molecule has 1 N–H and O–H groups in total. The predicted molar refractivity (Wildman–Crippen MR) is 75.6 cm³/mol. The van der Waals surface area contributed by atoms with Gasteiger partial charge in [0.25, 0.3) is 0 Å². The Kier molecular flexibility index (Phi) is 3.34. The molecule has 2 heteroatoms. The summed E-state index contributed by atoms with van der Waals surface area (Å²) in [5.41, 5.74) is 2.34. The normalized spacial score (nSPS) is 16.9. The Balaban J connectivity index is 1.79. The molecule has 3 rings (SSSR count). The van der Waals surface area contributed by atoms with Gasteiger partial charge in [0, 0.05) is 18.5 Å². The lowest BCUT2D eigenvalue weighted by atomic mass is 9.72. The molecule has 2 aromatic rings. The van der Waals surface area contributed by atoms with E-state index in [1.165, 1.54) is 5.56 Å². The zero-order valence-corrected chi connectivity index (χ0v) is 10.9. The SMILES string of the molecule is Fc1ccccc1CC1(Cc2ccccc2)CNC1. The van der Waals surface area contributed by atoms with E-state index in [1.807, 2.05) is 18.2 Å². The minimum absolute atomic E-state index is 0.0816. The van der Waals surface area contributed by atoms with Crippen molar-refractivity contribution in [3.05, 3.63) is 71.5 Å². The van der Waals surface area contributed by atoms with Crippen molar-refractivity contribution >= 4 is 0 Å². The van der Waals surface area contributed by atoms with Crippen molar-refractivity contribution in [2.45, 2.75) is 12.8 Å². The molecule has 0 aromatic heterocycles. The van der Waals surface area contributed by atoms with Gasteiger partial charge in [0.2, 0.25) is 0 Å². The summed E-state index contributed by atoms with van der Waals surface area (Å²) in [7, 11) is 0. The lowest BCUT2D eigenvalue weighted by molar-refractivity contribution is 0.165. The van der Waals surface area contributed by atoms with Crippen molar-refractivity contribution in [3.63, 3.8) is 0 Å². The number of benzene rings is 2. The molecule has 0 unspecified atom stereocenters. The molecule has 1 heterocycles. The van der Waals surface area contributed by atoms with Gasteiger partial charge in [-0.2, -0.15) is 0 Å². The van der Waals surface area contributed by atoms with Gasteiger partial charge in [-0.15, -0.1) is 0 Å². The van der Waals surface area contributed by atoms with E-state index in [4.69, 9.17) is 0 Å². The van der Waals surface area contributed by atoms with Crippen LogP contribution in [-0.2, 0) is 12.8 Å². The van der Waals surface area contributed by atoms with Crippen LogP contribution in [0.3, 0.4) is 0 Å². The van der Waals surface area contributed by atoms with Crippen LogP contribution >= 0.6 is 0 Å². The molecule has 98 valence electrons. The zero-order valence-electron chi connectivity index (χ0n) is 10.9. The summed E-state index contributed by atoms with van der Waals surface area (Å²) in [6.07, 6.45) is 1.82. The maximum Gasteiger partial charge on any atom is 0.126 e. The first-order valence-electron chi connectivity index (χ1n) is 6.76. The fourth-order valence-corrected chi connectivity index (χ4v) is 2.87. The van der Waals surface area contributed by atoms with E-state index in [0.29, 0.717) is 0 Å². The third-order valence-electron chi connectivity index (χ3n) is 3.95. The molecule has 0 aliphatic carbocycles. The van der Waals surface area contributed by atoms with E-state index in [2.05, 4.69) is 29.6 Å². The highest BCUT2D eigenvalue weighted by Gasteiger charge is 2.37. The van der Waals surface area contributed by atoms with E-state index in [9.17, 15) is 4.39 Å². The van der Waals surface area contributed by atoms with Crippen LogP contribution in [0.15, 0.2) is 54.6 Å². The lowest BCUT2D eigenvalue weighted by Gasteiger charge is -2.43. The van der Waals surface area contributed by atoms with Gasteiger partial charge < -0.3 is 5.32 Å². The smallest absolute Gasteiger partial charge is 0.126 e. The fraction of sp³-hybridized carbons (Fsp3) is 0.294. The van der Waals surface area contributed by atoms with Gasteiger partial charge in [-0.1, -0.05) is 48.5 Å². The molecule has 1 nitrogen and oxygen atoms in total. The molecular weight excluding hydrogens is 237 g/mol. The van der Waals surface area contributed by atoms with Gasteiger partial charge in [-0.25, -0.2) is 4.39 Å². The minimum Gasteiger partial charge on any atom is -0.315 e. The highest BCUT2D eigenvalue weighted by atomic mass is 19.1. The van der Waals surface area contributed by atoms with E-state index >= 15 is 0 Å². The topological polar surface area (TPSA) is 12.0 Å². The van der Waals surface area contributed by atoms with Crippen LogP contribution in [0.5, 0.6) is 0 Å². The molecule has 1 fully saturated rings. The van der Waals surface area contributed by atoms with E-state index in [-0.39, 0.29) is 11.2 Å². The molecular formula is C17H18FN. The summed E-state index contributed by atoms with van der Waals surface area (Å²) >= 11 is 0. The van der Waals surface area contributed by atoms with Gasteiger partial charge in [0.05, 0.1) is 0 Å². The number of halogens is 1. The maximum atomic E-state index is 13.8. The molecule has 0 atom stereocenters. The van der Waals surface area contributed by atoms with Crippen LogP contribution < -0.4 is 5.32 Å². The molecule has 0 radical (unpaired) electrons. The summed E-state index contributed by atoms with van der Waals surface area (Å²) in [5, 5.41) is 3.34. The summed E-state index contributed by atoms with van der Waals surface area (Å²) in [6.45, 7) is 1.94. The average molecular weight is 255 g/mol. The van der Waals surface area contributed by atoms with E-state index in [1.54, 1.807) is 12.1 Å². The Bertz CT molecular complexity index is 546. The maximum absolute atomic E-state index is 13.8. The summed E-state index contributed by atoms with van der Waals surface area (Å²) < 4.78 is 13.8. The molecule has 0 saturated carbocycles. The minimum atomic E-state index is -0.0816. The Hall–Kier alpha value is -1.67. The van der Waals surface area contributed by atoms with Crippen molar-refractivity contribution in [2.75, 3.05) is 13.1 Å². The monoisotopic (exact) mass is 255 g/mol. The Morgan fingerprint density at radius 2 is 1.58 bits per heavy atom. The second kappa shape index (κ2) is 5.14. The second-order valence-electron chi connectivity index (χ2n) is 5.53. The van der Waals surface area contributed by atoms with Gasteiger partial charge in [-0.05, 0) is 30.0 Å². The third-order valence-corrected chi connectivity index (χ3v) is 3.95. The standard InChI is InChI=1S/C17H18FN/c18-16-9-5-4-8-15(16)11-17(12-19-13-17)10-14-6-2-1-3-7-14/h1-9,19H,10-13H2. The van der Waals surface area contributed by atoms with Crippen LogP contribution in [0, 0.1) is 11.2 Å². The van der Waals surface area contributed by atoms with Crippen molar-refractivity contribution in [1.82, 2.24) is 5.32 Å². The first kappa shape index (κ1) is 12.4. The molecule has 1 saturated heterocycles. The van der Waals surface area contributed by atoms with Crippen LogP contribution in [0.25, 0.3) is 0 Å². The number of hydrogen-bond acceptors (Lipinski definition) is 1. The van der Waals surface area contributed by atoms with Crippen molar-refractivity contribution in [1.29, 1.82) is 0 Å². The molecule has 2 aromatic carbocycles. The third kappa shape index (κ3) is 2.69.